The van der Waals surface area contributed by atoms with Crippen LogP contribution >= 0.6 is 22.7 Å². The average molecular weight is 313 g/mol. The van der Waals surface area contributed by atoms with Gasteiger partial charge in [-0.05, 0) is 66.9 Å². The Hall–Kier alpha value is -1.16. The molecule has 3 heteroatoms. The van der Waals surface area contributed by atoms with E-state index < -0.39 is 0 Å². The van der Waals surface area contributed by atoms with E-state index in [0.717, 1.165) is 0 Å². The van der Waals surface area contributed by atoms with Crippen molar-refractivity contribution in [3.63, 3.8) is 0 Å². The Morgan fingerprint density at radius 3 is 2.67 bits per heavy atom. The molecule has 0 spiro atoms. The summed E-state index contributed by atoms with van der Waals surface area (Å²) >= 11 is 3.75. The maximum absolute atomic E-state index is 3.51. The first-order chi connectivity index (χ1) is 10.3. The number of benzene rings is 1. The van der Waals surface area contributed by atoms with Crippen molar-refractivity contribution >= 4 is 32.1 Å². The van der Waals surface area contributed by atoms with Crippen molar-refractivity contribution in [2.24, 2.45) is 0 Å². The zero-order valence-electron chi connectivity index (χ0n) is 12.2. The van der Waals surface area contributed by atoms with Gasteiger partial charge in [0, 0.05) is 14.3 Å². The van der Waals surface area contributed by atoms with E-state index in [2.05, 4.69) is 48.1 Å². The molecule has 0 fully saturated rings. The van der Waals surface area contributed by atoms with Gasteiger partial charge in [-0.15, -0.1) is 22.7 Å². The molecule has 0 saturated carbocycles. The number of rotatable bonds is 3. The molecular formula is C18H19NS2. The van der Waals surface area contributed by atoms with E-state index >= 15 is 0 Å². The lowest BCUT2D eigenvalue weighted by molar-refractivity contribution is 0.672. The second kappa shape index (κ2) is 5.56. The van der Waals surface area contributed by atoms with Gasteiger partial charge in [0.25, 0.3) is 0 Å². The van der Waals surface area contributed by atoms with Gasteiger partial charge in [0.2, 0.25) is 0 Å². The zero-order chi connectivity index (χ0) is 14.2. The molecule has 3 aromatic rings. The van der Waals surface area contributed by atoms with Crippen LogP contribution in [0.2, 0.25) is 0 Å². The van der Waals surface area contributed by atoms with E-state index in [1.54, 1.807) is 11.1 Å². The predicted octanol–water partition coefficient (Wildman–Crippen LogP) is 5.15. The Morgan fingerprint density at radius 2 is 1.86 bits per heavy atom. The summed E-state index contributed by atoms with van der Waals surface area (Å²) in [5.41, 5.74) is 4.54. The monoisotopic (exact) mass is 313 g/mol. The topological polar surface area (TPSA) is 12.0 Å². The summed E-state index contributed by atoms with van der Waals surface area (Å²) < 4.78 is 2.82. The van der Waals surface area contributed by atoms with E-state index in [1.807, 2.05) is 22.7 Å². The highest BCUT2D eigenvalue weighted by atomic mass is 32.1. The molecule has 4 rings (SSSR count). The summed E-state index contributed by atoms with van der Waals surface area (Å²) in [6, 6.07) is 12.0. The maximum atomic E-state index is 3.51. The lowest BCUT2D eigenvalue weighted by Crippen LogP contribution is -2.17. The largest absolute Gasteiger partial charge is 0.309 e. The van der Waals surface area contributed by atoms with E-state index in [4.69, 9.17) is 0 Å². The minimum Gasteiger partial charge on any atom is -0.309 e. The highest BCUT2D eigenvalue weighted by molar-refractivity contribution is 7.27. The maximum Gasteiger partial charge on any atom is 0.0669 e. The fourth-order valence-corrected chi connectivity index (χ4v) is 5.59. The Labute approximate surface area is 133 Å². The Morgan fingerprint density at radius 1 is 1.00 bits per heavy atom. The quantitative estimate of drug-likeness (QED) is 0.705. The lowest BCUT2D eigenvalue weighted by atomic mass is 9.89. The molecule has 21 heavy (non-hydrogen) atoms. The molecular weight excluding hydrogens is 294 g/mol. The van der Waals surface area contributed by atoms with Crippen LogP contribution in [0.5, 0.6) is 0 Å². The van der Waals surface area contributed by atoms with Crippen molar-refractivity contribution < 1.29 is 0 Å². The van der Waals surface area contributed by atoms with Gasteiger partial charge < -0.3 is 5.32 Å². The second-order valence-corrected chi connectivity index (χ2v) is 7.82. The van der Waals surface area contributed by atoms with Gasteiger partial charge >= 0.3 is 0 Å². The van der Waals surface area contributed by atoms with Gasteiger partial charge in [-0.25, -0.2) is 0 Å². The van der Waals surface area contributed by atoms with Crippen LogP contribution in [0.25, 0.3) is 9.40 Å². The lowest BCUT2D eigenvalue weighted by Gasteiger charge is -2.20. The first-order valence-electron chi connectivity index (χ1n) is 7.61. The van der Waals surface area contributed by atoms with Crippen molar-refractivity contribution in [1.82, 2.24) is 5.32 Å². The fourth-order valence-electron chi connectivity index (χ4n) is 3.33. The molecule has 108 valence electrons. The summed E-state index contributed by atoms with van der Waals surface area (Å²) in [5.74, 6) is 0. The zero-order valence-corrected chi connectivity index (χ0v) is 13.8. The molecule has 2 heterocycles. The summed E-state index contributed by atoms with van der Waals surface area (Å²) in [7, 11) is 2.07. The van der Waals surface area contributed by atoms with Crippen LogP contribution in [-0.2, 0) is 12.8 Å². The number of hydrogen-bond donors (Lipinski definition) is 1. The van der Waals surface area contributed by atoms with Crippen molar-refractivity contribution in [3.05, 3.63) is 57.3 Å². The van der Waals surface area contributed by atoms with Crippen molar-refractivity contribution in [3.8, 4) is 0 Å². The van der Waals surface area contributed by atoms with Crippen LogP contribution < -0.4 is 5.32 Å². The molecule has 0 bridgehead atoms. The van der Waals surface area contributed by atoms with E-state index in [1.165, 1.54) is 45.5 Å². The standard InChI is InChI=1S/C18H19NS2/c1-19-18(17-11-16-15(21-17)8-9-20-16)14-7-6-12-4-2-3-5-13(12)10-14/h6-11,18-19H,2-5H2,1H3. The smallest absolute Gasteiger partial charge is 0.0669 e. The molecule has 1 N–H and O–H groups in total. The molecule has 0 amide bonds. The minimum atomic E-state index is 0.321. The summed E-state index contributed by atoms with van der Waals surface area (Å²) in [5, 5.41) is 5.69. The molecule has 1 nitrogen and oxygen atoms in total. The highest BCUT2D eigenvalue weighted by Gasteiger charge is 2.18. The third-order valence-electron chi connectivity index (χ3n) is 4.44. The number of aryl methyl sites for hydroxylation is 2. The Bertz CT molecular complexity index is 740. The molecule has 1 aromatic carbocycles. The van der Waals surface area contributed by atoms with Gasteiger partial charge in [0.05, 0.1) is 6.04 Å². The van der Waals surface area contributed by atoms with Crippen LogP contribution in [0, 0.1) is 0 Å². The third kappa shape index (κ3) is 2.44. The second-order valence-electron chi connectivity index (χ2n) is 5.75. The average Bonchev–Trinajstić information content (AvgIpc) is 3.09. The summed E-state index contributed by atoms with van der Waals surface area (Å²) in [6.45, 7) is 0. The van der Waals surface area contributed by atoms with E-state index in [0.29, 0.717) is 6.04 Å². The molecule has 1 aliphatic carbocycles. The van der Waals surface area contributed by atoms with Crippen molar-refractivity contribution in [2.75, 3.05) is 7.05 Å². The number of nitrogens with one attached hydrogen (secondary N) is 1. The van der Waals surface area contributed by atoms with Gasteiger partial charge in [0.15, 0.2) is 0 Å². The van der Waals surface area contributed by atoms with Gasteiger partial charge in [-0.3, -0.25) is 0 Å². The Kier molecular flexibility index (Phi) is 3.57. The highest BCUT2D eigenvalue weighted by Crippen LogP contribution is 2.36. The third-order valence-corrected chi connectivity index (χ3v) is 6.60. The number of fused-ring (bicyclic) bond motifs is 2. The summed E-state index contributed by atoms with van der Waals surface area (Å²) in [4.78, 5) is 1.43. The van der Waals surface area contributed by atoms with Crippen LogP contribution in [0.3, 0.4) is 0 Å². The molecule has 1 aliphatic rings. The summed E-state index contributed by atoms with van der Waals surface area (Å²) in [6.07, 6.45) is 5.20. The molecule has 0 saturated heterocycles. The molecule has 2 aromatic heterocycles. The molecule has 1 atom stereocenters. The van der Waals surface area contributed by atoms with Crippen LogP contribution in [-0.4, -0.2) is 7.05 Å². The van der Waals surface area contributed by atoms with Crippen LogP contribution in [0.1, 0.15) is 40.5 Å². The molecule has 0 radical (unpaired) electrons. The van der Waals surface area contributed by atoms with Gasteiger partial charge in [-0.2, -0.15) is 0 Å². The number of thiophene rings is 2. The first kappa shape index (κ1) is 13.5. The Balaban J connectivity index is 1.73. The van der Waals surface area contributed by atoms with E-state index in [-0.39, 0.29) is 0 Å². The minimum absolute atomic E-state index is 0.321. The van der Waals surface area contributed by atoms with Crippen molar-refractivity contribution in [2.45, 2.75) is 31.7 Å². The van der Waals surface area contributed by atoms with Gasteiger partial charge in [0.1, 0.15) is 0 Å². The number of hydrogen-bond acceptors (Lipinski definition) is 3. The predicted molar refractivity (Wildman–Crippen MR) is 93.7 cm³/mol. The van der Waals surface area contributed by atoms with E-state index in [9.17, 15) is 0 Å². The molecule has 0 aliphatic heterocycles. The van der Waals surface area contributed by atoms with Crippen molar-refractivity contribution in [1.29, 1.82) is 0 Å². The molecule has 1 unspecified atom stereocenters. The first-order valence-corrected chi connectivity index (χ1v) is 9.30. The van der Waals surface area contributed by atoms with Crippen LogP contribution in [0.4, 0.5) is 0 Å². The SMILES string of the molecule is CNC(c1ccc2c(c1)CCCC2)c1cc2sccc2s1. The van der Waals surface area contributed by atoms with Crippen LogP contribution in [0.15, 0.2) is 35.7 Å². The normalized spacial score (nSPS) is 16.0. The van der Waals surface area contributed by atoms with Gasteiger partial charge in [-0.1, -0.05) is 18.2 Å². The fraction of sp³-hybridized carbons (Fsp3) is 0.333.